The summed E-state index contributed by atoms with van der Waals surface area (Å²) < 4.78 is 14.3. The number of urea groups is 1. The second kappa shape index (κ2) is 5.79. The van der Waals surface area contributed by atoms with E-state index in [1.807, 2.05) is 0 Å². The number of nitrogens with zero attached hydrogens (tertiary/aromatic N) is 1. The van der Waals surface area contributed by atoms with E-state index in [4.69, 9.17) is 0 Å². The minimum atomic E-state index is -0.511. The van der Waals surface area contributed by atoms with Crippen LogP contribution in [0.4, 0.5) is 20.6 Å². The quantitative estimate of drug-likeness (QED) is 0.822. The summed E-state index contributed by atoms with van der Waals surface area (Å²) in [6, 6.07) is 7.59. The zero-order valence-electron chi connectivity index (χ0n) is 10.1. The predicted octanol–water partition coefficient (Wildman–Crippen LogP) is 3.94. The lowest BCUT2D eigenvalue weighted by atomic mass is 10.2. The van der Waals surface area contributed by atoms with Gasteiger partial charge in [-0.1, -0.05) is 12.1 Å². The summed E-state index contributed by atoms with van der Waals surface area (Å²) in [6.45, 7) is 1.64. The molecule has 2 aromatic rings. The van der Waals surface area contributed by atoms with Gasteiger partial charge in [0.2, 0.25) is 0 Å². The number of halogens is 2. The number of anilines is 2. The van der Waals surface area contributed by atoms with E-state index in [9.17, 15) is 9.18 Å². The molecule has 0 radical (unpaired) electrons. The minimum Gasteiger partial charge on any atom is -0.308 e. The molecule has 0 aliphatic rings. The van der Waals surface area contributed by atoms with Crippen molar-refractivity contribution < 1.29 is 9.18 Å². The normalized spacial score (nSPS) is 10.1. The third-order valence-electron chi connectivity index (χ3n) is 2.42. The van der Waals surface area contributed by atoms with Gasteiger partial charge >= 0.3 is 6.03 Å². The molecule has 0 aliphatic heterocycles. The van der Waals surface area contributed by atoms with Gasteiger partial charge in [0.1, 0.15) is 10.4 Å². The van der Waals surface area contributed by atoms with Crippen LogP contribution in [0.25, 0.3) is 0 Å². The zero-order chi connectivity index (χ0) is 13.8. The van der Waals surface area contributed by atoms with Crippen molar-refractivity contribution in [3.8, 4) is 0 Å². The Labute approximate surface area is 118 Å². The molecule has 0 bridgehead atoms. The highest BCUT2D eigenvalue weighted by molar-refractivity contribution is 9.10. The van der Waals surface area contributed by atoms with E-state index < -0.39 is 11.8 Å². The van der Waals surface area contributed by atoms with Gasteiger partial charge in [-0.25, -0.2) is 14.2 Å². The van der Waals surface area contributed by atoms with Crippen molar-refractivity contribution in [3.05, 3.63) is 52.5 Å². The highest BCUT2D eigenvalue weighted by atomic mass is 79.9. The van der Waals surface area contributed by atoms with Crippen LogP contribution < -0.4 is 10.6 Å². The topological polar surface area (TPSA) is 54.0 Å². The Kier molecular flexibility index (Phi) is 4.11. The second-order valence-corrected chi connectivity index (χ2v) is 4.70. The van der Waals surface area contributed by atoms with Crippen LogP contribution in [0, 0.1) is 12.7 Å². The number of amides is 2. The van der Waals surface area contributed by atoms with Crippen LogP contribution in [0.3, 0.4) is 0 Å². The molecule has 0 spiro atoms. The summed E-state index contributed by atoms with van der Waals surface area (Å²) in [5.41, 5.74) is 1.18. The fourth-order valence-corrected chi connectivity index (χ4v) is 1.87. The standard InChI is InChI=1S/C13H11BrFN3O/c1-8-3-2-4-10(12(8)15)18-13(19)17-9-5-6-16-11(14)7-9/h2-7H,1H3,(H2,16,17,18,19). The van der Waals surface area contributed by atoms with Gasteiger partial charge in [0.25, 0.3) is 0 Å². The van der Waals surface area contributed by atoms with Crippen LogP contribution in [-0.2, 0) is 0 Å². The van der Waals surface area contributed by atoms with Crippen LogP contribution in [0.5, 0.6) is 0 Å². The maximum Gasteiger partial charge on any atom is 0.323 e. The number of nitrogens with one attached hydrogen (secondary N) is 2. The summed E-state index contributed by atoms with van der Waals surface area (Å²) in [6.07, 6.45) is 1.55. The van der Waals surface area contributed by atoms with Gasteiger partial charge in [-0.15, -0.1) is 0 Å². The average molecular weight is 324 g/mol. The van der Waals surface area contributed by atoms with Crippen LogP contribution in [-0.4, -0.2) is 11.0 Å². The average Bonchev–Trinajstić information content (AvgIpc) is 2.35. The molecule has 0 fully saturated rings. The van der Waals surface area contributed by atoms with E-state index in [2.05, 4.69) is 31.5 Å². The summed E-state index contributed by atoms with van der Waals surface area (Å²) in [5, 5.41) is 5.05. The number of carbonyl (C=O) groups excluding carboxylic acids is 1. The monoisotopic (exact) mass is 323 g/mol. The van der Waals surface area contributed by atoms with Crippen LogP contribution in [0.1, 0.15) is 5.56 Å². The van der Waals surface area contributed by atoms with Gasteiger partial charge in [-0.3, -0.25) is 0 Å². The first-order valence-electron chi connectivity index (χ1n) is 5.51. The Morgan fingerprint density at radius 1 is 1.32 bits per heavy atom. The van der Waals surface area contributed by atoms with E-state index in [0.29, 0.717) is 15.9 Å². The SMILES string of the molecule is Cc1cccc(NC(=O)Nc2ccnc(Br)c2)c1F. The van der Waals surface area contributed by atoms with Crippen LogP contribution >= 0.6 is 15.9 Å². The predicted molar refractivity (Wildman–Crippen MR) is 75.7 cm³/mol. The molecule has 0 unspecified atom stereocenters. The summed E-state index contributed by atoms with van der Waals surface area (Å²) in [7, 11) is 0. The number of hydrogen-bond donors (Lipinski definition) is 2. The molecule has 1 heterocycles. The van der Waals surface area contributed by atoms with Gasteiger partial charge in [0.05, 0.1) is 5.69 Å². The maximum atomic E-state index is 13.7. The molecule has 19 heavy (non-hydrogen) atoms. The molecule has 4 nitrogen and oxygen atoms in total. The van der Waals surface area contributed by atoms with E-state index in [0.717, 1.165) is 0 Å². The van der Waals surface area contributed by atoms with Crippen LogP contribution in [0.2, 0.25) is 0 Å². The Bertz CT molecular complexity index is 619. The number of benzene rings is 1. The fourth-order valence-electron chi connectivity index (χ4n) is 1.51. The number of carbonyl (C=O) groups is 1. The van der Waals surface area contributed by atoms with E-state index in [1.54, 1.807) is 37.4 Å². The lowest BCUT2D eigenvalue weighted by molar-refractivity contribution is 0.262. The second-order valence-electron chi connectivity index (χ2n) is 3.88. The van der Waals surface area contributed by atoms with E-state index >= 15 is 0 Å². The largest absolute Gasteiger partial charge is 0.323 e. The molecular formula is C13H11BrFN3O. The Morgan fingerprint density at radius 2 is 2.11 bits per heavy atom. The molecule has 6 heteroatoms. The lowest BCUT2D eigenvalue weighted by Crippen LogP contribution is -2.20. The first kappa shape index (κ1) is 13.5. The number of aryl methyl sites for hydroxylation is 1. The van der Waals surface area contributed by atoms with Crippen molar-refractivity contribution in [2.75, 3.05) is 10.6 Å². The number of hydrogen-bond acceptors (Lipinski definition) is 2. The number of pyridine rings is 1. The van der Waals surface area contributed by atoms with Crippen molar-refractivity contribution in [1.29, 1.82) is 0 Å². The summed E-state index contributed by atoms with van der Waals surface area (Å²) >= 11 is 3.20. The van der Waals surface area contributed by atoms with Crippen molar-refractivity contribution in [3.63, 3.8) is 0 Å². The van der Waals surface area contributed by atoms with Gasteiger partial charge < -0.3 is 10.6 Å². The molecule has 1 aromatic heterocycles. The molecule has 0 atom stereocenters. The minimum absolute atomic E-state index is 0.144. The highest BCUT2D eigenvalue weighted by Crippen LogP contribution is 2.18. The van der Waals surface area contributed by atoms with Crippen molar-refractivity contribution in [2.24, 2.45) is 0 Å². The van der Waals surface area contributed by atoms with Crippen molar-refractivity contribution >= 4 is 33.3 Å². The Hall–Kier alpha value is -1.95. The van der Waals surface area contributed by atoms with Gasteiger partial charge in [0, 0.05) is 11.9 Å². The summed E-state index contributed by atoms with van der Waals surface area (Å²) in [4.78, 5) is 15.7. The van der Waals surface area contributed by atoms with Gasteiger partial charge in [0.15, 0.2) is 0 Å². The first-order valence-corrected chi connectivity index (χ1v) is 6.30. The van der Waals surface area contributed by atoms with Crippen LogP contribution in [0.15, 0.2) is 41.1 Å². The molecule has 2 amide bonds. The van der Waals surface area contributed by atoms with Gasteiger partial charge in [-0.05, 0) is 46.6 Å². The third-order valence-corrected chi connectivity index (χ3v) is 2.86. The first-order chi connectivity index (χ1) is 9.06. The third kappa shape index (κ3) is 3.51. The number of rotatable bonds is 2. The van der Waals surface area contributed by atoms with E-state index in [1.165, 1.54) is 6.07 Å². The molecule has 2 N–H and O–H groups in total. The number of aromatic nitrogens is 1. The van der Waals surface area contributed by atoms with Crippen molar-refractivity contribution in [2.45, 2.75) is 6.92 Å². The Balaban J connectivity index is 2.08. The smallest absolute Gasteiger partial charge is 0.308 e. The molecule has 0 saturated heterocycles. The fraction of sp³-hybridized carbons (Fsp3) is 0.0769. The molecule has 1 aromatic carbocycles. The van der Waals surface area contributed by atoms with E-state index in [-0.39, 0.29) is 5.69 Å². The molecular weight excluding hydrogens is 313 g/mol. The molecule has 2 rings (SSSR count). The Morgan fingerprint density at radius 3 is 2.84 bits per heavy atom. The van der Waals surface area contributed by atoms with Crippen molar-refractivity contribution in [1.82, 2.24) is 4.98 Å². The molecule has 0 aliphatic carbocycles. The lowest BCUT2D eigenvalue weighted by Gasteiger charge is -2.09. The van der Waals surface area contributed by atoms with Gasteiger partial charge in [-0.2, -0.15) is 0 Å². The maximum absolute atomic E-state index is 13.7. The molecule has 98 valence electrons. The highest BCUT2D eigenvalue weighted by Gasteiger charge is 2.08. The molecule has 0 saturated carbocycles. The zero-order valence-corrected chi connectivity index (χ0v) is 11.7. The summed E-state index contributed by atoms with van der Waals surface area (Å²) in [5.74, 6) is -0.437.